The number of alkyl halides is 3. The number of halogens is 3. The van der Waals surface area contributed by atoms with Crippen LogP contribution >= 0.6 is 0 Å². The minimum absolute atomic E-state index is 0.0365. The molecule has 1 saturated carbocycles. The summed E-state index contributed by atoms with van der Waals surface area (Å²) in [5, 5.41) is 11.8. The first-order valence-corrected chi connectivity index (χ1v) is 13.9. The average molecular weight is 554 g/mol. The Balaban J connectivity index is 1.31. The number of carbonyl (C=O) groups excluding carboxylic acids is 1. The van der Waals surface area contributed by atoms with Gasteiger partial charge in [-0.15, -0.1) is 10.2 Å². The average Bonchev–Trinajstić information content (AvgIpc) is 3.65. The topological polar surface area (TPSA) is 72.3 Å². The monoisotopic (exact) mass is 553 g/mol. The van der Waals surface area contributed by atoms with E-state index in [0.29, 0.717) is 30.3 Å². The summed E-state index contributed by atoms with van der Waals surface area (Å²) in [4.78, 5) is 15.1. The van der Waals surface area contributed by atoms with Gasteiger partial charge in [-0.25, -0.2) is 0 Å². The van der Waals surface area contributed by atoms with Crippen molar-refractivity contribution < 1.29 is 22.7 Å². The van der Waals surface area contributed by atoms with Crippen LogP contribution in [-0.2, 0) is 31.1 Å². The zero-order valence-corrected chi connectivity index (χ0v) is 22.8. The molecule has 3 heterocycles. The lowest BCUT2D eigenvalue weighted by atomic mass is 9.78. The molecule has 2 fully saturated rings. The molecule has 0 radical (unpaired) electrons. The molecule has 0 bridgehead atoms. The lowest BCUT2D eigenvalue weighted by Gasteiger charge is -2.39. The third kappa shape index (κ3) is 5.14. The summed E-state index contributed by atoms with van der Waals surface area (Å²) in [6.07, 6.45) is 1.97. The molecule has 1 unspecified atom stereocenters. The minimum atomic E-state index is -4.56. The van der Waals surface area contributed by atoms with Crippen molar-refractivity contribution in [3.63, 3.8) is 0 Å². The number of rotatable bonds is 8. The van der Waals surface area contributed by atoms with Crippen molar-refractivity contribution in [3.05, 3.63) is 76.4 Å². The van der Waals surface area contributed by atoms with Gasteiger partial charge in [0.2, 0.25) is 0 Å². The van der Waals surface area contributed by atoms with Crippen molar-refractivity contribution in [3.8, 4) is 0 Å². The third-order valence-corrected chi connectivity index (χ3v) is 8.82. The Morgan fingerprint density at radius 1 is 1.23 bits per heavy atom. The van der Waals surface area contributed by atoms with Crippen molar-refractivity contribution in [2.75, 3.05) is 18.1 Å². The highest BCUT2D eigenvalue weighted by Gasteiger charge is 2.41. The van der Waals surface area contributed by atoms with Crippen molar-refractivity contribution in [1.29, 1.82) is 0 Å². The summed E-state index contributed by atoms with van der Waals surface area (Å²) >= 11 is 0. The Bertz CT molecular complexity index is 1410. The van der Waals surface area contributed by atoms with Crippen molar-refractivity contribution in [2.45, 2.75) is 69.8 Å². The Hall–Kier alpha value is -3.24. The molecular weight excluding hydrogens is 519 g/mol. The van der Waals surface area contributed by atoms with Crippen LogP contribution in [0.25, 0.3) is 0 Å². The highest BCUT2D eigenvalue weighted by molar-refractivity contribution is 6.10. The minimum Gasteiger partial charge on any atom is -0.381 e. The number of benzene rings is 2. The first kappa shape index (κ1) is 27.0. The molecular formula is C30H34F3N5O2. The summed E-state index contributed by atoms with van der Waals surface area (Å²) < 4.78 is 50.1. The Labute approximate surface area is 231 Å². The summed E-state index contributed by atoms with van der Waals surface area (Å²) in [7, 11) is 1.90. The van der Waals surface area contributed by atoms with Gasteiger partial charge >= 0.3 is 6.18 Å². The fourth-order valence-corrected chi connectivity index (χ4v) is 6.24. The first-order valence-electron chi connectivity index (χ1n) is 13.9. The van der Waals surface area contributed by atoms with Gasteiger partial charge in [-0.3, -0.25) is 4.79 Å². The van der Waals surface area contributed by atoms with Gasteiger partial charge in [0, 0.05) is 49.5 Å². The molecule has 212 valence electrons. The van der Waals surface area contributed by atoms with E-state index in [-0.39, 0.29) is 29.1 Å². The van der Waals surface area contributed by atoms with Crippen LogP contribution in [0, 0.1) is 5.92 Å². The van der Waals surface area contributed by atoms with E-state index < -0.39 is 17.6 Å². The fourth-order valence-electron chi connectivity index (χ4n) is 6.24. The van der Waals surface area contributed by atoms with E-state index in [1.54, 1.807) is 18.5 Å². The number of ether oxygens (including phenoxy) is 1. The van der Waals surface area contributed by atoms with Gasteiger partial charge in [0.1, 0.15) is 12.2 Å². The molecule has 6 rings (SSSR count). The number of hydrogen-bond donors (Lipinski definition) is 1. The number of aromatic nitrogens is 3. The Kier molecular flexibility index (Phi) is 6.94. The molecule has 1 N–H and O–H groups in total. The number of carbonyl (C=O) groups is 1. The second kappa shape index (κ2) is 10.3. The number of amides is 1. The van der Waals surface area contributed by atoms with Crippen LogP contribution in [0.2, 0.25) is 0 Å². The van der Waals surface area contributed by atoms with Gasteiger partial charge in [0.25, 0.3) is 5.91 Å². The molecule has 3 aliphatic rings. The molecule has 1 aromatic heterocycles. The maximum absolute atomic E-state index is 14.2. The van der Waals surface area contributed by atoms with E-state index >= 15 is 0 Å². The molecule has 1 saturated heterocycles. The fraction of sp³-hybridized carbons (Fsp3) is 0.500. The summed E-state index contributed by atoms with van der Waals surface area (Å²) in [5.41, 5.74) is 1.37. The summed E-state index contributed by atoms with van der Waals surface area (Å²) in [6, 6.07) is 10.4. The summed E-state index contributed by atoms with van der Waals surface area (Å²) in [5.74, 6) is 0.674. The highest BCUT2D eigenvalue weighted by atomic mass is 19.4. The molecule has 2 aromatic carbocycles. The quantitative estimate of drug-likeness (QED) is 0.394. The van der Waals surface area contributed by atoms with Gasteiger partial charge in [-0.1, -0.05) is 12.1 Å². The van der Waals surface area contributed by atoms with Gasteiger partial charge in [-0.05, 0) is 85.9 Å². The molecule has 0 spiro atoms. The lowest BCUT2D eigenvalue weighted by molar-refractivity contribution is -0.138. The van der Waals surface area contributed by atoms with E-state index in [0.717, 1.165) is 50.1 Å². The second-order valence-electron chi connectivity index (χ2n) is 11.7. The standard InChI is InChI=1S/C30H34F3N5O2/c1-29(8-4-9-29)34-15-20-12-24-25(26(13-20)30(31,32)33)16-38(28(24)39)22-6-3-5-21(14-22)23(11-19-7-10-40-17-19)27-36-35-18-37(27)2/h3,5-6,12-14,18-19,23,34H,4,7-11,15-17H2,1-2H3/t19?,23-/m1/s1. The molecule has 40 heavy (non-hydrogen) atoms. The third-order valence-electron chi connectivity index (χ3n) is 8.82. The maximum Gasteiger partial charge on any atom is 0.416 e. The maximum atomic E-state index is 14.2. The Morgan fingerprint density at radius 2 is 2.05 bits per heavy atom. The van der Waals surface area contributed by atoms with Crippen LogP contribution < -0.4 is 10.2 Å². The number of aryl methyl sites for hydroxylation is 1. The predicted molar refractivity (Wildman–Crippen MR) is 144 cm³/mol. The molecule has 7 nitrogen and oxygen atoms in total. The van der Waals surface area contributed by atoms with Gasteiger partial charge < -0.3 is 19.5 Å². The van der Waals surface area contributed by atoms with E-state index in [1.807, 2.05) is 29.8 Å². The van der Waals surface area contributed by atoms with Crippen LogP contribution in [0.5, 0.6) is 0 Å². The highest BCUT2D eigenvalue weighted by Crippen LogP contribution is 2.41. The number of anilines is 1. The molecule has 10 heteroatoms. The second-order valence-corrected chi connectivity index (χ2v) is 11.7. The van der Waals surface area contributed by atoms with Crippen molar-refractivity contribution in [2.24, 2.45) is 13.0 Å². The van der Waals surface area contributed by atoms with Gasteiger partial charge in [0.05, 0.1) is 12.1 Å². The molecule has 1 aliphatic carbocycles. The van der Waals surface area contributed by atoms with Crippen LogP contribution in [0.4, 0.5) is 18.9 Å². The van der Waals surface area contributed by atoms with Crippen molar-refractivity contribution >= 4 is 11.6 Å². The van der Waals surface area contributed by atoms with Crippen LogP contribution in [0.1, 0.15) is 83.4 Å². The van der Waals surface area contributed by atoms with E-state index in [9.17, 15) is 18.0 Å². The van der Waals surface area contributed by atoms with Gasteiger partial charge in [-0.2, -0.15) is 13.2 Å². The number of hydrogen-bond acceptors (Lipinski definition) is 5. The normalized spacial score (nSPS) is 21.0. The predicted octanol–water partition coefficient (Wildman–Crippen LogP) is 5.59. The van der Waals surface area contributed by atoms with Crippen LogP contribution in [0.3, 0.4) is 0 Å². The zero-order valence-electron chi connectivity index (χ0n) is 22.8. The van der Waals surface area contributed by atoms with E-state index in [2.05, 4.69) is 22.4 Å². The molecule has 3 aromatic rings. The lowest BCUT2D eigenvalue weighted by Crippen LogP contribution is -2.47. The molecule has 2 aliphatic heterocycles. The first-order chi connectivity index (χ1) is 19.1. The number of fused-ring (bicyclic) bond motifs is 1. The van der Waals surface area contributed by atoms with E-state index in [1.165, 1.54) is 11.0 Å². The summed E-state index contributed by atoms with van der Waals surface area (Å²) in [6.45, 7) is 3.67. The van der Waals surface area contributed by atoms with Crippen LogP contribution in [-0.4, -0.2) is 39.4 Å². The largest absolute Gasteiger partial charge is 0.416 e. The Morgan fingerprint density at radius 3 is 2.70 bits per heavy atom. The van der Waals surface area contributed by atoms with Gasteiger partial charge in [0.15, 0.2) is 0 Å². The number of nitrogens with one attached hydrogen (secondary N) is 1. The zero-order chi connectivity index (χ0) is 28.1. The molecule has 2 atom stereocenters. The smallest absolute Gasteiger partial charge is 0.381 e. The van der Waals surface area contributed by atoms with Crippen molar-refractivity contribution in [1.82, 2.24) is 20.1 Å². The van der Waals surface area contributed by atoms with E-state index in [4.69, 9.17) is 4.74 Å². The number of nitrogens with zero attached hydrogens (tertiary/aromatic N) is 4. The SMILES string of the molecule is Cn1cnnc1[C@H](CC1CCOC1)c1cccc(N2Cc3c(cc(CNC4(C)CCC4)cc3C(F)(F)F)C2=O)c1. The van der Waals surface area contributed by atoms with Crippen LogP contribution in [0.15, 0.2) is 42.7 Å². The molecule has 1 amide bonds.